The molecule has 2 amide bonds. The average Bonchev–Trinajstić information content (AvgIpc) is 3.18. The fourth-order valence-electron chi connectivity index (χ4n) is 5.90. The number of allylic oxidation sites excluding steroid dienone is 2. The number of aliphatic hydroxyl groups is 1. The van der Waals surface area contributed by atoms with Crippen molar-refractivity contribution >= 4 is 17.8 Å². The number of hydrogen-bond acceptors (Lipinski definition) is 6. The normalized spacial score (nSPS) is 13.1. The average molecular weight is 703 g/mol. The molecule has 0 aromatic heterocycles. The number of carbonyl (C=O) groups excluding carboxylic acids is 3. The molecule has 52 heavy (non-hydrogen) atoms. The predicted molar refractivity (Wildman–Crippen MR) is 204 cm³/mol. The fraction of sp³-hybridized carbons (Fsp3) is 0.295. The van der Waals surface area contributed by atoms with Gasteiger partial charge in [0.05, 0.1) is 30.5 Å². The summed E-state index contributed by atoms with van der Waals surface area (Å²) >= 11 is 0. The van der Waals surface area contributed by atoms with E-state index in [-0.39, 0.29) is 49.8 Å². The number of amides is 2. The minimum atomic E-state index is -0.724. The maximum atomic E-state index is 13.7. The molecule has 4 aromatic rings. The summed E-state index contributed by atoms with van der Waals surface area (Å²) in [6.07, 6.45) is 5.75. The van der Waals surface area contributed by atoms with E-state index >= 15 is 0 Å². The van der Waals surface area contributed by atoms with Gasteiger partial charge in [-0.2, -0.15) is 0 Å². The lowest BCUT2D eigenvalue weighted by Crippen LogP contribution is -2.42. The minimum absolute atomic E-state index is 0.0658. The van der Waals surface area contributed by atoms with Crippen molar-refractivity contribution in [3.8, 4) is 5.75 Å². The van der Waals surface area contributed by atoms with E-state index in [0.717, 1.165) is 28.0 Å². The molecule has 0 unspecified atom stereocenters. The van der Waals surface area contributed by atoms with E-state index in [0.29, 0.717) is 32.3 Å². The van der Waals surface area contributed by atoms with Crippen LogP contribution in [0.5, 0.6) is 5.75 Å². The van der Waals surface area contributed by atoms with Crippen LogP contribution >= 0.6 is 0 Å². The molecule has 0 radical (unpaired) electrons. The fourth-order valence-corrected chi connectivity index (χ4v) is 5.90. The van der Waals surface area contributed by atoms with Gasteiger partial charge in [-0.1, -0.05) is 115 Å². The highest BCUT2D eigenvalue weighted by atomic mass is 16.5. The Hall–Kier alpha value is -5.47. The van der Waals surface area contributed by atoms with Gasteiger partial charge in [-0.3, -0.25) is 14.4 Å². The largest absolute Gasteiger partial charge is 0.489 e. The van der Waals surface area contributed by atoms with Gasteiger partial charge in [-0.15, -0.1) is 13.2 Å². The topological polar surface area (TPSA) is 114 Å². The molecule has 0 saturated heterocycles. The van der Waals surface area contributed by atoms with Crippen LogP contribution in [-0.2, 0) is 38.6 Å². The van der Waals surface area contributed by atoms with E-state index < -0.39 is 18.0 Å². The second-order valence-electron chi connectivity index (χ2n) is 12.8. The number of hydrogen-bond donors (Lipinski definition) is 3. The Bertz CT molecular complexity index is 1680. The van der Waals surface area contributed by atoms with Crippen LogP contribution in [-0.4, -0.2) is 42.1 Å². The number of nitrogens with one attached hydrogen (secondary N) is 2. The third-order valence-corrected chi connectivity index (χ3v) is 8.78. The van der Waals surface area contributed by atoms with E-state index in [1.807, 2.05) is 115 Å². The van der Waals surface area contributed by atoms with Gasteiger partial charge in [0, 0.05) is 6.42 Å². The summed E-state index contributed by atoms with van der Waals surface area (Å²) in [5, 5.41) is 16.0. The van der Waals surface area contributed by atoms with Crippen LogP contribution in [0.2, 0.25) is 0 Å². The molecule has 0 fully saturated rings. The number of rotatable bonds is 22. The number of esters is 1. The van der Waals surface area contributed by atoms with Crippen molar-refractivity contribution < 1.29 is 29.0 Å². The van der Waals surface area contributed by atoms with Crippen molar-refractivity contribution in [2.24, 2.45) is 11.8 Å². The monoisotopic (exact) mass is 702 g/mol. The molecule has 0 aliphatic carbocycles. The number of benzene rings is 4. The van der Waals surface area contributed by atoms with Crippen molar-refractivity contribution in [2.75, 3.05) is 13.2 Å². The summed E-state index contributed by atoms with van der Waals surface area (Å²) < 4.78 is 11.7. The molecule has 0 aliphatic heterocycles. The van der Waals surface area contributed by atoms with Crippen molar-refractivity contribution in [1.82, 2.24) is 10.6 Å². The molecule has 0 spiro atoms. The lowest BCUT2D eigenvalue weighted by atomic mass is 9.94. The lowest BCUT2D eigenvalue weighted by Gasteiger charge is -2.24. The Labute approximate surface area is 307 Å². The molecule has 0 bridgehead atoms. The third kappa shape index (κ3) is 13.3. The summed E-state index contributed by atoms with van der Waals surface area (Å²) in [5.74, 6) is -1.43. The first-order valence-corrected chi connectivity index (χ1v) is 17.8. The molecule has 8 heteroatoms. The molecular weight excluding hydrogens is 652 g/mol. The summed E-state index contributed by atoms with van der Waals surface area (Å²) in [6.45, 7) is 7.72. The quantitative estimate of drug-likeness (QED) is 0.0596. The van der Waals surface area contributed by atoms with E-state index in [9.17, 15) is 19.5 Å². The SMILES string of the molecule is C=CCC[C@H](Cc1ccccc1)C(=O)OC[C@H](NC(=O)[C@@H](CC=C)CC(=O)N[C@H](CO)Cc1ccc(OCc2ccccc2)cc1)c1ccccc1. The Morgan fingerprint density at radius 3 is 1.94 bits per heavy atom. The van der Waals surface area contributed by atoms with Gasteiger partial charge in [-0.05, 0) is 66.5 Å². The van der Waals surface area contributed by atoms with Crippen LogP contribution in [0.15, 0.2) is 141 Å². The van der Waals surface area contributed by atoms with Crippen LogP contribution in [0.25, 0.3) is 0 Å². The number of carbonyl (C=O) groups is 3. The van der Waals surface area contributed by atoms with E-state index in [1.165, 1.54) is 0 Å². The van der Waals surface area contributed by atoms with Gasteiger partial charge in [0.15, 0.2) is 0 Å². The van der Waals surface area contributed by atoms with Crippen LogP contribution in [0.4, 0.5) is 0 Å². The van der Waals surface area contributed by atoms with Crippen molar-refractivity contribution in [1.29, 1.82) is 0 Å². The zero-order chi connectivity index (χ0) is 37.0. The maximum absolute atomic E-state index is 13.7. The molecular formula is C44H50N2O6. The van der Waals surface area contributed by atoms with Gasteiger partial charge < -0.3 is 25.2 Å². The predicted octanol–water partition coefficient (Wildman–Crippen LogP) is 7.09. The van der Waals surface area contributed by atoms with Crippen LogP contribution < -0.4 is 15.4 Å². The summed E-state index contributed by atoms with van der Waals surface area (Å²) in [4.78, 5) is 40.3. The summed E-state index contributed by atoms with van der Waals surface area (Å²) in [6, 6.07) is 35.4. The molecule has 0 saturated carbocycles. The zero-order valence-corrected chi connectivity index (χ0v) is 29.7. The second kappa shape index (κ2) is 21.7. The Morgan fingerprint density at radius 2 is 1.33 bits per heavy atom. The highest BCUT2D eigenvalue weighted by Gasteiger charge is 2.27. The zero-order valence-electron chi connectivity index (χ0n) is 29.7. The second-order valence-corrected chi connectivity index (χ2v) is 12.8. The van der Waals surface area contributed by atoms with Crippen LogP contribution in [0.3, 0.4) is 0 Å². The molecule has 4 atom stereocenters. The third-order valence-electron chi connectivity index (χ3n) is 8.78. The summed E-state index contributed by atoms with van der Waals surface area (Å²) in [5.41, 5.74) is 3.80. The summed E-state index contributed by atoms with van der Waals surface area (Å²) in [7, 11) is 0. The highest BCUT2D eigenvalue weighted by Crippen LogP contribution is 2.21. The number of ether oxygens (including phenoxy) is 2. The molecule has 0 aliphatic rings. The Morgan fingerprint density at radius 1 is 0.712 bits per heavy atom. The Balaban J connectivity index is 1.34. The number of aliphatic hydroxyl groups excluding tert-OH is 1. The first-order valence-electron chi connectivity index (χ1n) is 17.8. The smallest absolute Gasteiger partial charge is 0.309 e. The van der Waals surface area contributed by atoms with Gasteiger partial charge in [0.1, 0.15) is 19.0 Å². The van der Waals surface area contributed by atoms with Gasteiger partial charge in [0.2, 0.25) is 11.8 Å². The van der Waals surface area contributed by atoms with Crippen LogP contribution in [0, 0.1) is 11.8 Å². The van der Waals surface area contributed by atoms with E-state index in [1.54, 1.807) is 12.2 Å². The first kappa shape index (κ1) is 39.3. The van der Waals surface area contributed by atoms with Crippen molar-refractivity contribution in [3.05, 3.63) is 163 Å². The first-order chi connectivity index (χ1) is 25.4. The van der Waals surface area contributed by atoms with Crippen molar-refractivity contribution in [2.45, 2.75) is 57.2 Å². The molecule has 4 rings (SSSR count). The van der Waals surface area contributed by atoms with Gasteiger partial charge in [0.25, 0.3) is 0 Å². The standard InChI is InChI=1S/C44H50N2O6/c1-3-5-20-38(27-33-16-9-6-10-17-33)44(50)52-32-41(36-21-13-8-14-22-36)46-43(49)37(15-4-2)29-42(48)45-39(30-47)28-34-23-25-40(26-24-34)51-31-35-18-11-7-12-19-35/h3-4,6-14,16-19,21-26,37-39,41,47H,1-2,5,15,20,27-32H2,(H,45,48)(H,46,49)/t37-,38+,39-,41-/m0/s1. The van der Waals surface area contributed by atoms with Gasteiger partial charge >= 0.3 is 5.97 Å². The molecule has 0 heterocycles. The van der Waals surface area contributed by atoms with Gasteiger partial charge in [-0.25, -0.2) is 0 Å². The van der Waals surface area contributed by atoms with Crippen LogP contribution in [0.1, 0.15) is 54.0 Å². The molecule has 4 aromatic carbocycles. The van der Waals surface area contributed by atoms with E-state index in [4.69, 9.17) is 9.47 Å². The molecule has 3 N–H and O–H groups in total. The molecule has 8 nitrogen and oxygen atoms in total. The van der Waals surface area contributed by atoms with Crippen molar-refractivity contribution in [3.63, 3.8) is 0 Å². The van der Waals surface area contributed by atoms with E-state index in [2.05, 4.69) is 23.8 Å². The lowest BCUT2D eigenvalue weighted by molar-refractivity contribution is -0.150. The minimum Gasteiger partial charge on any atom is -0.489 e. The highest BCUT2D eigenvalue weighted by molar-refractivity contribution is 5.86. The Kier molecular flexibility index (Phi) is 16.4. The maximum Gasteiger partial charge on any atom is 0.309 e. The molecule has 272 valence electrons.